The molecule has 0 aliphatic carbocycles. The molecule has 0 radical (unpaired) electrons. The molecule has 0 heterocycles. The van der Waals surface area contributed by atoms with Gasteiger partial charge in [-0.3, -0.25) is 9.79 Å². The standard InChI is InChI=1S/ClH.H4NO5P/c;2-1(3)7(4,5)6/h1H;1-2H,(H2,4,5,6)/p-1. The van der Waals surface area contributed by atoms with E-state index in [0.29, 0.717) is 0 Å². The highest BCUT2D eigenvalue weighted by atomic mass is 35.5. The first kappa shape index (κ1) is 11.2. The minimum Gasteiger partial charge on any atom is -1.00 e. The molecule has 0 aromatic heterocycles. The first-order valence-corrected chi connectivity index (χ1v) is 2.85. The fraction of sp³-hybridized carbons (Fsp3) is 0. The Balaban J connectivity index is 0. The highest BCUT2D eigenvalue weighted by Gasteiger charge is 2.21. The first-order valence-electron chi connectivity index (χ1n) is 1.23. The van der Waals surface area contributed by atoms with Crippen molar-refractivity contribution in [3.05, 3.63) is 5.21 Å². The van der Waals surface area contributed by atoms with E-state index in [2.05, 4.69) is 0 Å². The van der Waals surface area contributed by atoms with Gasteiger partial charge in [-0.25, -0.2) is 5.21 Å². The Morgan fingerprint density at radius 2 is 1.62 bits per heavy atom. The Morgan fingerprint density at radius 1 is 1.50 bits per heavy atom. The van der Waals surface area contributed by atoms with Crippen LogP contribution in [0, 0.1) is 5.21 Å². The summed E-state index contributed by atoms with van der Waals surface area (Å²) >= 11 is 0. The summed E-state index contributed by atoms with van der Waals surface area (Å²) in [5, 5.41) is 16.7. The van der Waals surface area contributed by atoms with Crippen molar-refractivity contribution in [3.8, 4) is 0 Å². The predicted octanol–water partition coefficient (Wildman–Crippen LogP) is -5.14. The van der Waals surface area contributed by atoms with Crippen LogP contribution in [0.3, 0.4) is 0 Å². The second kappa shape index (κ2) is 3.37. The minimum absolute atomic E-state index is 0. The third kappa shape index (κ3) is 4.48. The zero-order valence-corrected chi connectivity index (χ0v) is 5.13. The van der Waals surface area contributed by atoms with Gasteiger partial charge in [0.25, 0.3) is 0 Å². The van der Waals surface area contributed by atoms with E-state index in [4.69, 9.17) is 15.0 Å². The second-order valence-corrected chi connectivity index (χ2v) is 2.30. The van der Waals surface area contributed by atoms with E-state index in [0.717, 1.165) is 0 Å². The van der Waals surface area contributed by atoms with Crippen LogP contribution >= 0.6 is 7.75 Å². The lowest BCUT2D eigenvalue weighted by atomic mass is 13.2. The van der Waals surface area contributed by atoms with E-state index in [1.54, 1.807) is 0 Å². The molecule has 0 aromatic carbocycles. The summed E-state index contributed by atoms with van der Waals surface area (Å²) in [4.78, 5) is 13.1. The normalized spacial score (nSPS) is 14.5. The zero-order valence-electron chi connectivity index (χ0n) is 3.48. The average Bonchev–Trinajstić information content (AvgIpc) is 1.31. The Labute approximate surface area is 50.9 Å². The Kier molecular flexibility index (Phi) is 4.70. The van der Waals surface area contributed by atoms with Crippen molar-refractivity contribution in [2.24, 2.45) is 0 Å². The first-order chi connectivity index (χ1) is 2.94. The summed E-state index contributed by atoms with van der Waals surface area (Å²) in [6.45, 7) is 0. The van der Waals surface area contributed by atoms with Crippen LogP contribution in [0.15, 0.2) is 0 Å². The Bertz CT molecular complexity index is 94.6. The van der Waals surface area contributed by atoms with Gasteiger partial charge in [0, 0.05) is 0 Å². The van der Waals surface area contributed by atoms with Gasteiger partial charge in [-0.1, -0.05) is 0 Å². The molecule has 8 heavy (non-hydrogen) atoms. The molecule has 0 amide bonds. The van der Waals surface area contributed by atoms with Gasteiger partial charge in [0.2, 0.25) is 0 Å². The summed E-state index contributed by atoms with van der Waals surface area (Å²) in [5.41, 5.74) is 0. The van der Waals surface area contributed by atoms with Crippen molar-refractivity contribution in [1.29, 1.82) is 0 Å². The summed E-state index contributed by atoms with van der Waals surface area (Å²) in [6.07, 6.45) is 0. The predicted molar refractivity (Wildman–Crippen MR) is 18.2 cm³/mol. The quantitative estimate of drug-likeness (QED) is 0.229. The summed E-state index contributed by atoms with van der Waals surface area (Å²) < 4.78 is 9.43. The highest BCUT2D eigenvalue weighted by Crippen LogP contribution is 2.19. The van der Waals surface area contributed by atoms with Crippen LogP contribution in [0.5, 0.6) is 0 Å². The van der Waals surface area contributed by atoms with E-state index in [1.165, 1.54) is 0 Å². The molecule has 0 rings (SSSR count). The van der Waals surface area contributed by atoms with Gasteiger partial charge in [-0.2, -0.15) is 4.57 Å². The minimum atomic E-state index is -4.82. The molecule has 1 atom stereocenters. The van der Waals surface area contributed by atoms with E-state index in [1.807, 2.05) is 0 Å². The lowest BCUT2D eigenvalue weighted by molar-refractivity contribution is -0.950. The number of quaternary nitrogens is 1. The van der Waals surface area contributed by atoms with Crippen molar-refractivity contribution in [3.63, 3.8) is 0 Å². The molecule has 1 unspecified atom stereocenters. The molecule has 0 spiro atoms. The molecule has 0 fully saturated rings. The van der Waals surface area contributed by atoms with Gasteiger partial charge in [-0.05, 0) is 0 Å². The SMILES string of the molecule is O=P(O)(O)[NH+]([O-])O.[Cl-]. The summed E-state index contributed by atoms with van der Waals surface area (Å²) in [5.74, 6) is 0. The van der Waals surface area contributed by atoms with Crippen molar-refractivity contribution in [2.45, 2.75) is 0 Å². The van der Waals surface area contributed by atoms with Crippen LogP contribution in [0.4, 0.5) is 0 Å². The fourth-order valence-corrected chi connectivity index (χ4v) is 0. The van der Waals surface area contributed by atoms with E-state index < -0.39 is 12.7 Å². The summed E-state index contributed by atoms with van der Waals surface area (Å²) in [6, 6.07) is 0. The molecule has 0 saturated carbocycles. The van der Waals surface area contributed by atoms with Gasteiger partial charge in [-0.15, -0.1) is 5.00 Å². The molecule has 0 aliphatic heterocycles. The average molecular weight is 164 g/mol. The van der Waals surface area contributed by atoms with Gasteiger partial charge in [0.15, 0.2) is 0 Å². The van der Waals surface area contributed by atoms with Crippen LogP contribution in [-0.2, 0) is 4.57 Å². The van der Waals surface area contributed by atoms with Crippen LogP contribution < -0.4 is 17.4 Å². The van der Waals surface area contributed by atoms with Gasteiger partial charge in [0.1, 0.15) is 0 Å². The Hall–Kier alpha value is 0.320. The lowest BCUT2D eigenvalue weighted by Crippen LogP contribution is -3.00. The topological polar surface area (TPSA) is 105 Å². The molecule has 6 nitrogen and oxygen atoms in total. The molecule has 8 heteroatoms. The van der Waals surface area contributed by atoms with Gasteiger partial charge in [0.05, 0.1) is 0 Å². The van der Waals surface area contributed by atoms with Crippen molar-refractivity contribution < 1.29 is 37.0 Å². The van der Waals surface area contributed by atoms with Crippen molar-refractivity contribution in [1.82, 2.24) is 0 Å². The van der Waals surface area contributed by atoms with Crippen LogP contribution in [0.25, 0.3) is 0 Å². The van der Waals surface area contributed by atoms with E-state index >= 15 is 0 Å². The number of halogens is 1. The maximum Gasteiger partial charge on any atom is 0.557 e. The maximum absolute atomic E-state index is 9.43. The second-order valence-electron chi connectivity index (χ2n) is 0.827. The summed E-state index contributed by atoms with van der Waals surface area (Å²) in [7, 11) is -4.82. The third-order valence-electron chi connectivity index (χ3n) is 0.249. The molecular weight excluding hydrogens is 160 g/mol. The van der Waals surface area contributed by atoms with Gasteiger partial charge < -0.3 is 17.6 Å². The third-order valence-corrected chi connectivity index (χ3v) is 0.748. The van der Waals surface area contributed by atoms with E-state index in [9.17, 15) is 9.77 Å². The number of hydrogen-bond acceptors (Lipinski definition) is 3. The number of hydrogen-bond donors (Lipinski definition) is 4. The molecule has 0 saturated heterocycles. The molecule has 0 aromatic rings. The number of rotatable bonds is 1. The van der Waals surface area contributed by atoms with Crippen molar-refractivity contribution in [2.75, 3.05) is 0 Å². The fourth-order valence-electron chi connectivity index (χ4n) is 0. The smallest absolute Gasteiger partial charge is 0.557 e. The lowest BCUT2D eigenvalue weighted by Gasteiger charge is -2.10. The molecule has 52 valence electrons. The van der Waals surface area contributed by atoms with E-state index in [-0.39, 0.29) is 12.4 Å². The van der Waals surface area contributed by atoms with Crippen LogP contribution in [0.2, 0.25) is 0 Å². The molecule has 0 aliphatic rings. The zero-order chi connectivity index (χ0) is 6.08. The van der Waals surface area contributed by atoms with Crippen molar-refractivity contribution >= 4 is 7.75 Å². The molecule has 4 N–H and O–H groups in total. The Morgan fingerprint density at radius 3 is 1.62 bits per heavy atom. The largest absolute Gasteiger partial charge is 1.00 e. The van der Waals surface area contributed by atoms with Crippen LogP contribution in [0.1, 0.15) is 0 Å². The van der Waals surface area contributed by atoms with Gasteiger partial charge >= 0.3 is 7.75 Å². The molecular formula is H4ClNO5P-. The van der Waals surface area contributed by atoms with Crippen LogP contribution in [-0.4, -0.2) is 15.0 Å². The highest BCUT2D eigenvalue weighted by molar-refractivity contribution is 7.44. The maximum atomic E-state index is 9.43. The molecule has 0 bridgehead atoms. The number of nitrogens with one attached hydrogen (secondary N) is 1. The monoisotopic (exact) mass is 164 g/mol.